The van der Waals surface area contributed by atoms with Gasteiger partial charge in [-0.3, -0.25) is 9.47 Å². The molecule has 3 N–H and O–H groups in total. The Morgan fingerprint density at radius 2 is 2.31 bits per heavy atom. The van der Waals surface area contributed by atoms with Crippen LogP contribution in [0.4, 0.5) is 0 Å². The summed E-state index contributed by atoms with van der Waals surface area (Å²) in [6.07, 6.45) is 3.41. The highest BCUT2D eigenvalue weighted by Gasteiger charge is 2.08. The summed E-state index contributed by atoms with van der Waals surface area (Å²) in [5, 5.41) is 3.15. The number of hydrogen-bond donors (Lipinski definition) is 2. The molecule has 1 aromatic heterocycles. The van der Waals surface area contributed by atoms with E-state index in [0.29, 0.717) is 12.1 Å². The minimum Gasteiger partial charge on any atom is -0.340 e. The van der Waals surface area contributed by atoms with Gasteiger partial charge in [0.25, 0.3) is 0 Å². The standard InChI is InChI=1S/C9H15N3O/c1-3-11-4-8-5-12(10)6-9(8)7(2)13/h5-6,11H,3-4,10H2,1-2H3. The molecule has 72 valence electrons. The molecular weight excluding hydrogens is 166 g/mol. The largest absolute Gasteiger partial charge is 0.340 e. The van der Waals surface area contributed by atoms with E-state index in [9.17, 15) is 4.79 Å². The van der Waals surface area contributed by atoms with Crippen molar-refractivity contribution >= 4 is 5.78 Å². The van der Waals surface area contributed by atoms with E-state index in [0.717, 1.165) is 12.1 Å². The first-order chi connectivity index (χ1) is 6.15. The van der Waals surface area contributed by atoms with Gasteiger partial charge in [0.05, 0.1) is 0 Å². The van der Waals surface area contributed by atoms with Crippen molar-refractivity contribution in [2.24, 2.45) is 0 Å². The van der Waals surface area contributed by atoms with E-state index in [1.165, 1.54) is 4.68 Å². The molecule has 0 radical (unpaired) electrons. The maximum absolute atomic E-state index is 11.1. The molecule has 0 aliphatic carbocycles. The summed E-state index contributed by atoms with van der Waals surface area (Å²) in [5.41, 5.74) is 1.65. The normalized spacial score (nSPS) is 10.3. The average molecular weight is 181 g/mol. The highest BCUT2D eigenvalue weighted by molar-refractivity contribution is 5.95. The lowest BCUT2D eigenvalue weighted by Gasteiger charge is -2.00. The van der Waals surface area contributed by atoms with Crippen molar-refractivity contribution in [3.05, 3.63) is 23.5 Å². The first-order valence-corrected chi connectivity index (χ1v) is 4.32. The Kier molecular flexibility index (Phi) is 3.08. The zero-order valence-corrected chi connectivity index (χ0v) is 8.00. The van der Waals surface area contributed by atoms with E-state index in [2.05, 4.69) is 5.32 Å². The average Bonchev–Trinajstić information content (AvgIpc) is 2.43. The van der Waals surface area contributed by atoms with Crippen LogP contribution in [-0.4, -0.2) is 17.0 Å². The molecule has 4 nitrogen and oxygen atoms in total. The number of nitrogens with one attached hydrogen (secondary N) is 1. The van der Waals surface area contributed by atoms with Gasteiger partial charge < -0.3 is 11.2 Å². The quantitative estimate of drug-likeness (QED) is 0.525. The number of nitrogens with two attached hydrogens (primary N) is 1. The molecule has 0 aliphatic rings. The van der Waals surface area contributed by atoms with Crippen LogP contribution in [0.3, 0.4) is 0 Å². The minimum absolute atomic E-state index is 0.0529. The zero-order valence-electron chi connectivity index (χ0n) is 8.00. The van der Waals surface area contributed by atoms with E-state index >= 15 is 0 Å². The summed E-state index contributed by atoms with van der Waals surface area (Å²) in [5.74, 6) is 5.58. The molecule has 1 aromatic rings. The predicted molar refractivity (Wildman–Crippen MR) is 52.0 cm³/mol. The molecule has 0 aromatic carbocycles. The Labute approximate surface area is 77.7 Å². The van der Waals surface area contributed by atoms with Crippen LogP contribution < -0.4 is 11.2 Å². The SMILES string of the molecule is CCNCc1cn(N)cc1C(C)=O. The Morgan fingerprint density at radius 3 is 2.85 bits per heavy atom. The molecule has 0 fully saturated rings. The molecule has 0 aliphatic heterocycles. The van der Waals surface area contributed by atoms with Gasteiger partial charge in [-0.2, -0.15) is 0 Å². The smallest absolute Gasteiger partial charge is 0.161 e. The molecule has 13 heavy (non-hydrogen) atoms. The van der Waals surface area contributed by atoms with Crippen LogP contribution >= 0.6 is 0 Å². The van der Waals surface area contributed by atoms with E-state index in [4.69, 9.17) is 5.84 Å². The maximum Gasteiger partial charge on any atom is 0.161 e. The van der Waals surface area contributed by atoms with Crippen LogP contribution in [0.1, 0.15) is 29.8 Å². The van der Waals surface area contributed by atoms with Gasteiger partial charge in [-0.1, -0.05) is 6.92 Å². The van der Waals surface area contributed by atoms with Gasteiger partial charge in [0.15, 0.2) is 5.78 Å². The van der Waals surface area contributed by atoms with Gasteiger partial charge in [-0.15, -0.1) is 0 Å². The molecule has 0 unspecified atom stereocenters. The highest BCUT2D eigenvalue weighted by atomic mass is 16.1. The lowest BCUT2D eigenvalue weighted by atomic mass is 10.1. The van der Waals surface area contributed by atoms with Crippen molar-refractivity contribution in [3.8, 4) is 0 Å². The summed E-state index contributed by atoms with van der Waals surface area (Å²) in [6, 6.07) is 0. The van der Waals surface area contributed by atoms with Crippen molar-refractivity contribution in [2.45, 2.75) is 20.4 Å². The van der Waals surface area contributed by atoms with Crippen LogP contribution in [0.2, 0.25) is 0 Å². The second kappa shape index (κ2) is 4.09. The molecule has 1 rings (SSSR count). The Morgan fingerprint density at radius 1 is 1.62 bits per heavy atom. The van der Waals surface area contributed by atoms with Gasteiger partial charge >= 0.3 is 0 Å². The third-order valence-corrected chi connectivity index (χ3v) is 1.87. The van der Waals surface area contributed by atoms with Crippen LogP contribution in [0.25, 0.3) is 0 Å². The lowest BCUT2D eigenvalue weighted by Crippen LogP contribution is -2.13. The fourth-order valence-electron chi connectivity index (χ4n) is 1.24. The Balaban J connectivity index is 2.84. The van der Waals surface area contributed by atoms with Gasteiger partial charge in [-0.25, -0.2) is 0 Å². The van der Waals surface area contributed by atoms with Crippen molar-refractivity contribution in [1.82, 2.24) is 9.99 Å². The molecule has 0 bridgehead atoms. The monoisotopic (exact) mass is 181 g/mol. The topological polar surface area (TPSA) is 60.1 Å². The maximum atomic E-state index is 11.1. The number of aromatic nitrogens is 1. The third-order valence-electron chi connectivity index (χ3n) is 1.87. The zero-order chi connectivity index (χ0) is 9.84. The first-order valence-electron chi connectivity index (χ1n) is 4.32. The summed E-state index contributed by atoms with van der Waals surface area (Å²) in [7, 11) is 0. The predicted octanol–water partition coefficient (Wildman–Crippen LogP) is 0.514. The van der Waals surface area contributed by atoms with Gasteiger partial charge in [0.2, 0.25) is 0 Å². The molecule has 1 heterocycles. The fraction of sp³-hybridized carbons (Fsp3) is 0.444. The Hall–Kier alpha value is -1.29. The number of carbonyl (C=O) groups excluding carboxylic acids is 1. The van der Waals surface area contributed by atoms with Crippen molar-refractivity contribution in [1.29, 1.82) is 0 Å². The molecular formula is C9H15N3O. The number of nitrogen functional groups attached to an aromatic ring is 1. The molecule has 0 saturated carbocycles. The summed E-state index contributed by atoms with van der Waals surface area (Å²) >= 11 is 0. The molecule has 0 amide bonds. The number of ketones is 1. The Bertz CT molecular complexity index is 304. The molecule has 0 spiro atoms. The number of hydrogen-bond acceptors (Lipinski definition) is 3. The summed E-state index contributed by atoms with van der Waals surface area (Å²) in [4.78, 5) is 11.1. The van der Waals surface area contributed by atoms with E-state index < -0.39 is 0 Å². The number of carbonyl (C=O) groups is 1. The third kappa shape index (κ3) is 2.32. The number of Topliss-reactive ketones (excluding diaryl/α,β-unsaturated/α-hetero) is 1. The van der Waals surface area contributed by atoms with Gasteiger partial charge in [0, 0.05) is 24.5 Å². The lowest BCUT2D eigenvalue weighted by molar-refractivity contribution is 0.101. The number of rotatable bonds is 4. The van der Waals surface area contributed by atoms with Crippen molar-refractivity contribution in [2.75, 3.05) is 12.4 Å². The van der Waals surface area contributed by atoms with Crippen LogP contribution in [0.15, 0.2) is 12.4 Å². The van der Waals surface area contributed by atoms with E-state index in [1.807, 2.05) is 6.92 Å². The van der Waals surface area contributed by atoms with Crippen molar-refractivity contribution in [3.63, 3.8) is 0 Å². The van der Waals surface area contributed by atoms with Crippen molar-refractivity contribution < 1.29 is 4.79 Å². The van der Waals surface area contributed by atoms with Crippen LogP contribution in [0.5, 0.6) is 0 Å². The highest BCUT2D eigenvalue weighted by Crippen LogP contribution is 2.09. The molecule has 0 atom stereocenters. The van der Waals surface area contributed by atoms with Gasteiger partial charge in [-0.05, 0) is 19.0 Å². The van der Waals surface area contributed by atoms with Gasteiger partial charge in [0.1, 0.15) is 0 Å². The fourth-order valence-corrected chi connectivity index (χ4v) is 1.24. The first kappa shape index (κ1) is 9.80. The van der Waals surface area contributed by atoms with E-state index in [1.54, 1.807) is 19.3 Å². The molecule has 0 saturated heterocycles. The molecule has 4 heteroatoms. The minimum atomic E-state index is 0.0529. The summed E-state index contributed by atoms with van der Waals surface area (Å²) in [6.45, 7) is 5.14. The summed E-state index contributed by atoms with van der Waals surface area (Å²) < 4.78 is 1.42. The second-order valence-electron chi connectivity index (χ2n) is 2.98. The van der Waals surface area contributed by atoms with Crippen LogP contribution in [0, 0.1) is 0 Å². The second-order valence-corrected chi connectivity index (χ2v) is 2.98. The number of nitrogens with zero attached hydrogens (tertiary/aromatic N) is 1. The van der Waals surface area contributed by atoms with E-state index in [-0.39, 0.29) is 5.78 Å². The van der Waals surface area contributed by atoms with Crippen LogP contribution in [-0.2, 0) is 6.54 Å².